The summed E-state index contributed by atoms with van der Waals surface area (Å²) in [4.78, 5) is 32.1. The van der Waals surface area contributed by atoms with E-state index in [1.807, 2.05) is 26.0 Å². The molecule has 5 nitrogen and oxygen atoms in total. The third-order valence-electron chi connectivity index (χ3n) is 3.46. The lowest BCUT2D eigenvalue weighted by atomic mass is 10.1. The molecule has 0 fully saturated rings. The maximum Gasteiger partial charge on any atom is 0.270 e. The van der Waals surface area contributed by atoms with Crippen molar-refractivity contribution >= 4 is 5.91 Å². The molecular weight excluding hydrogens is 266 g/mol. The zero-order chi connectivity index (χ0) is 15.4. The van der Waals surface area contributed by atoms with Gasteiger partial charge in [0, 0.05) is 37.5 Å². The van der Waals surface area contributed by atoms with E-state index in [0.717, 1.165) is 11.3 Å². The van der Waals surface area contributed by atoms with Gasteiger partial charge in [-0.05, 0) is 37.6 Å². The Morgan fingerprint density at radius 3 is 2.81 bits per heavy atom. The van der Waals surface area contributed by atoms with Gasteiger partial charge in [-0.1, -0.05) is 6.07 Å². The highest BCUT2D eigenvalue weighted by Crippen LogP contribution is 2.09. The Kier molecular flexibility index (Phi) is 4.52. The van der Waals surface area contributed by atoms with Crippen LogP contribution in [0.1, 0.15) is 28.7 Å². The van der Waals surface area contributed by atoms with Gasteiger partial charge in [0.25, 0.3) is 5.91 Å². The maximum absolute atomic E-state index is 12.3. The van der Waals surface area contributed by atoms with Crippen molar-refractivity contribution in [3.8, 4) is 0 Å². The van der Waals surface area contributed by atoms with Crippen LogP contribution in [0.25, 0.3) is 0 Å². The molecule has 21 heavy (non-hydrogen) atoms. The smallest absolute Gasteiger partial charge is 0.270 e. The van der Waals surface area contributed by atoms with E-state index >= 15 is 0 Å². The molecule has 0 saturated heterocycles. The lowest BCUT2D eigenvalue weighted by Gasteiger charge is -2.24. The van der Waals surface area contributed by atoms with Gasteiger partial charge >= 0.3 is 0 Å². The second-order valence-corrected chi connectivity index (χ2v) is 5.22. The van der Waals surface area contributed by atoms with Gasteiger partial charge in [0.05, 0.1) is 0 Å². The molecular formula is C16H19N3O2. The van der Waals surface area contributed by atoms with Crippen LogP contribution in [0.2, 0.25) is 0 Å². The second kappa shape index (κ2) is 6.35. The Morgan fingerprint density at radius 2 is 2.14 bits per heavy atom. The van der Waals surface area contributed by atoms with E-state index < -0.39 is 0 Å². The highest BCUT2D eigenvalue weighted by molar-refractivity contribution is 5.92. The summed E-state index contributed by atoms with van der Waals surface area (Å²) in [5.41, 5.74) is 2.12. The van der Waals surface area contributed by atoms with Gasteiger partial charge in [-0.15, -0.1) is 0 Å². The average Bonchev–Trinajstić information content (AvgIpc) is 2.45. The van der Waals surface area contributed by atoms with E-state index in [1.54, 1.807) is 30.3 Å². The number of H-pyrrole nitrogens is 1. The summed E-state index contributed by atoms with van der Waals surface area (Å²) in [7, 11) is 1.73. The summed E-state index contributed by atoms with van der Waals surface area (Å²) in [6.07, 6.45) is 2.44. The quantitative estimate of drug-likeness (QED) is 0.931. The SMILES string of the molecule is Cc1ccnc(C[C@@H](C)N(C)C(=O)c2cccc(=O)[nH]2)c1. The summed E-state index contributed by atoms with van der Waals surface area (Å²) < 4.78 is 0. The van der Waals surface area contributed by atoms with Crippen molar-refractivity contribution < 1.29 is 4.79 Å². The normalized spacial score (nSPS) is 12.0. The number of aromatic nitrogens is 2. The number of aryl methyl sites for hydroxylation is 1. The van der Waals surface area contributed by atoms with E-state index in [-0.39, 0.29) is 17.5 Å². The first-order valence-electron chi connectivity index (χ1n) is 6.85. The maximum atomic E-state index is 12.3. The first-order chi connectivity index (χ1) is 9.97. The number of carbonyl (C=O) groups excluding carboxylic acids is 1. The first-order valence-corrected chi connectivity index (χ1v) is 6.85. The number of amides is 1. The third-order valence-corrected chi connectivity index (χ3v) is 3.46. The molecule has 0 aromatic carbocycles. The number of hydrogen-bond acceptors (Lipinski definition) is 3. The van der Waals surface area contributed by atoms with Crippen LogP contribution in [-0.4, -0.2) is 33.9 Å². The lowest BCUT2D eigenvalue weighted by molar-refractivity contribution is 0.0736. The van der Waals surface area contributed by atoms with Gasteiger partial charge in [0.15, 0.2) is 0 Å². The zero-order valence-corrected chi connectivity index (χ0v) is 12.5. The van der Waals surface area contributed by atoms with Gasteiger partial charge in [-0.25, -0.2) is 0 Å². The van der Waals surface area contributed by atoms with Crippen molar-refractivity contribution in [2.45, 2.75) is 26.3 Å². The molecule has 0 saturated carbocycles. The van der Waals surface area contributed by atoms with Crippen LogP contribution in [-0.2, 0) is 6.42 Å². The standard InChI is InChI=1S/C16H19N3O2/c1-11-7-8-17-13(9-11)10-12(2)19(3)16(21)14-5-4-6-15(20)18-14/h4-9,12H,10H2,1-3H3,(H,18,20)/t12-/m1/s1. The van der Waals surface area contributed by atoms with Gasteiger partial charge in [0.2, 0.25) is 5.56 Å². The molecule has 1 amide bonds. The largest absolute Gasteiger partial charge is 0.337 e. The van der Waals surface area contributed by atoms with Crippen LogP contribution in [0, 0.1) is 6.92 Å². The molecule has 0 bridgehead atoms. The molecule has 0 unspecified atom stereocenters. The summed E-state index contributed by atoms with van der Waals surface area (Å²) in [6.45, 7) is 3.97. The van der Waals surface area contributed by atoms with E-state index in [1.165, 1.54) is 6.07 Å². The van der Waals surface area contributed by atoms with E-state index in [0.29, 0.717) is 12.1 Å². The van der Waals surface area contributed by atoms with Gasteiger partial charge in [-0.3, -0.25) is 14.6 Å². The fourth-order valence-corrected chi connectivity index (χ4v) is 2.11. The van der Waals surface area contributed by atoms with Crippen LogP contribution >= 0.6 is 0 Å². The molecule has 0 aliphatic heterocycles. The van der Waals surface area contributed by atoms with E-state index in [4.69, 9.17) is 0 Å². The summed E-state index contributed by atoms with van der Waals surface area (Å²) in [5.74, 6) is -0.201. The summed E-state index contributed by atoms with van der Waals surface area (Å²) in [5, 5.41) is 0. The monoisotopic (exact) mass is 285 g/mol. The molecule has 110 valence electrons. The molecule has 0 radical (unpaired) electrons. The van der Waals surface area contributed by atoms with Gasteiger partial charge < -0.3 is 9.88 Å². The molecule has 5 heteroatoms. The molecule has 0 aliphatic rings. The Balaban J connectivity index is 2.10. The van der Waals surface area contributed by atoms with Crippen LogP contribution < -0.4 is 5.56 Å². The van der Waals surface area contributed by atoms with Crippen molar-refractivity contribution in [2.75, 3.05) is 7.05 Å². The molecule has 2 heterocycles. The van der Waals surface area contributed by atoms with Crippen molar-refractivity contribution in [1.82, 2.24) is 14.9 Å². The Bertz CT molecular complexity index is 694. The number of carbonyl (C=O) groups is 1. The molecule has 1 atom stereocenters. The van der Waals surface area contributed by atoms with Crippen LogP contribution in [0.3, 0.4) is 0 Å². The molecule has 1 N–H and O–H groups in total. The highest BCUT2D eigenvalue weighted by Gasteiger charge is 2.18. The number of nitrogens with one attached hydrogen (secondary N) is 1. The van der Waals surface area contributed by atoms with E-state index in [9.17, 15) is 9.59 Å². The number of aromatic amines is 1. The van der Waals surface area contributed by atoms with Crippen molar-refractivity contribution in [3.63, 3.8) is 0 Å². The summed E-state index contributed by atoms with van der Waals surface area (Å²) in [6, 6.07) is 8.51. The van der Waals surface area contributed by atoms with Crippen molar-refractivity contribution in [2.24, 2.45) is 0 Å². The minimum Gasteiger partial charge on any atom is -0.337 e. The molecule has 0 aliphatic carbocycles. The predicted molar refractivity (Wildman–Crippen MR) is 81.3 cm³/mol. The lowest BCUT2D eigenvalue weighted by Crippen LogP contribution is -2.37. The fourth-order valence-electron chi connectivity index (χ4n) is 2.11. The zero-order valence-electron chi connectivity index (χ0n) is 12.5. The average molecular weight is 285 g/mol. The van der Waals surface area contributed by atoms with Crippen molar-refractivity contribution in [3.05, 3.63) is 63.8 Å². The molecule has 0 spiro atoms. The number of hydrogen-bond donors (Lipinski definition) is 1. The fraction of sp³-hybridized carbons (Fsp3) is 0.312. The minimum atomic E-state index is -0.276. The van der Waals surface area contributed by atoms with Crippen molar-refractivity contribution in [1.29, 1.82) is 0 Å². The number of nitrogens with zero attached hydrogens (tertiary/aromatic N) is 2. The topological polar surface area (TPSA) is 66.1 Å². The Morgan fingerprint density at radius 1 is 1.38 bits per heavy atom. The van der Waals surface area contributed by atoms with Crippen LogP contribution in [0.5, 0.6) is 0 Å². The highest BCUT2D eigenvalue weighted by atomic mass is 16.2. The van der Waals surface area contributed by atoms with Crippen LogP contribution in [0.15, 0.2) is 41.3 Å². The second-order valence-electron chi connectivity index (χ2n) is 5.22. The van der Waals surface area contributed by atoms with E-state index in [2.05, 4.69) is 9.97 Å². The Hall–Kier alpha value is -2.43. The minimum absolute atomic E-state index is 0.0180. The first kappa shape index (κ1) is 15.0. The third kappa shape index (κ3) is 3.78. The van der Waals surface area contributed by atoms with Gasteiger partial charge in [-0.2, -0.15) is 0 Å². The van der Waals surface area contributed by atoms with Crippen LogP contribution in [0.4, 0.5) is 0 Å². The molecule has 2 aromatic heterocycles. The number of rotatable bonds is 4. The Labute approximate surface area is 123 Å². The predicted octanol–water partition coefficient (Wildman–Crippen LogP) is 1.78. The molecule has 2 aromatic rings. The molecule has 2 rings (SSSR count). The van der Waals surface area contributed by atoms with Gasteiger partial charge in [0.1, 0.15) is 5.69 Å². The number of likely N-dealkylation sites (N-methyl/N-ethyl adjacent to an activating group) is 1. The number of pyridine rings is 2. The summed E-state index contributed by atoms with van der Waals surface area (Å²) >= 11 is 0.